The van der Waals surface area contributed by atoms with Crippen molar-refractivity contribution in [3.05, 3.63) is 47.5 Å². The number of hydrogen-bond acceptors (Lipinski definition) is 5. The number of rotatable bonds is 4. The Kier molecular flexibility index (Phi) is 3.27. The van der Waals surface area contributed by atoms with E-state index in [0.29, 0.717) is 28.5 Å². The molecule has 0 spiro atoms. The number of anilines is 1. The Balaban J connectivity index is 1.78. The van der Waals surface area contributed by atoms with Crippen LogP contribution in [-0.4, -0.2) is 12.7 Å². The quantitative estimate of drug-likeness (QED) is 0.833. The molecule has 1 aliphatic heterocycles. The van der Waals surface area contributed by atoms with E-state index in [-0.39, 0.29) is 13.4 Å². The highest BCUT2D eigenvalue weighted by Crippen LogP contribution is 2.33. The highest BCUT2D eigenvalue weighted by atomic mass is 16.7. The molecule has 2 aromatic carbocycles. The fourth-order valence-corrected chi connectivity index (χ4v) is 2.05. The summed E-state index contributed by atoms with van der Waals surface area (Å²) in [5, 5.41) is 0. The minimum Gasteiger partial charge on any atom is -0.488 e. The van der Waals surface area contributed by atoms with Gasteiger partial charge in [0.1, 0.15) is 12.4 Å². The van der Waals surface area contributed by atoms with E-state index in [0.717, 1.165) is 5.56 Å². The van der Waals surface area contributed by atoms with Crippen LogP contribution in [0.25, 0.3) is 0 Å². The maximum atomic E-state index is 11.4. The molecule has 0 unspecified atom stereocenters. The van der Waals surface area contributed by atoms with Gasteiger partial charge in [0, 0.05) is 11.8 Å². The number of carbonyl (C=O) groups is 1. The van der Waals surface area contributed by atoms with E-state index in [9.17, 15) is 4.79 Å². The average Bonchev–Trinajstić information content (AvgIpc) is 2.92. The molecule has 1 heterocycles. The molecule has 0 fully saturated rings. The number of nitrogens with two attached hydrogens (primary N) is 2. The van der Waals surface area contributed by atoms with Crippen molar-refractivity contribution in [3.8, 4) is 17.2 Å². The van der Waals surface area contributed by atoms with Crippen molar-refractivity contribution in [1.82, 2.24) is 0 Å². The van der Waals surface area contributed by atoms with E-state index in [2.05, 4.69) is 0 Å². The molecule has 6 heteroatoms. The van der Waals surface area contributed by atoms with Crippen molar-refractivity contribution in [2.75, 3.05) is 12.5 Å². The van der Waals surface area contributed by atoms with Crippen LogP contribution in [0.3, 0.4) is 0 Å². The predicted octanol–water partition coefficient (Wildman–Crippen LogP) is 1.68. The van der Waals surface area contributed by atoms with Gasteiger partial charge in [0.05, 0.1) is 5.56 Å². The number of fused-ring (bicyclic) bond motifs is 1. The van der Waals surface area contributed by atoms with Crippen LogP contribution in [0.2, 0.25) is 0 Å². The Morgan fingerprint density at radius 1 is 1.14 bits per heavy atom. The minimum absolute atomic E-state index is 0.223. The van der Waals surface area contributed by atoms with Gasteiger partial charge < -0.3 is 25.7 Å². The number of benzene rings is 2. The van der Waals surface area contributed by atoms with Crippen molar-refractivity contribution in [3.63, 3.8) is 0 Å². The summed E-state index contributed by atoms with van der Waals surface area (Å²) in [6, 6.07) is 10.2. The van der Waals surface area contributed by atoms with E-state index in [1.165, 1.54) is 0 Å². The molecule has 21 heavy (non-hydrogen) atoms. The van der Waals surface area contributed by atoms with Crippen LogP contribution < -0.4 is 25.7 Å². The van der Waals surface area contributed by atoms with Crippen molar-refractivity contribution in [1.29, 1.82) is 0 Å². The zero-order valence-electron chi connectivity index (χ0n) is 11.2. The van der Waals surface area contributed by atoms with E-state index < -0.39 is 5.91 Å². The molecule has 2 aromatic rings. The third-order valence-corrected chi connectivity index (χ3v) is 3.10. The molecule has 0 saturated carbocycles. The second-order valence-electron chi connectivity index (χ2n) is 4.60. The Bertz CT molecular complexity index is 700. The Labute approximate surface area is 121 Å². The lowest BCUT2D eigenvalue weighted by Crippen LogP contribution is -2.13. The van der Waals surface area contributed by atoms with E-state index in [1.54, 1.807) is 18.2 Å². The van der Waals surface area contributed by atoms with Gasteiger partial charge in [-0.25, -0.2) is 0 Å². The smallest absolute Gasteiger partial charge is 0.252 e. The molecule has 4 N–H and O–H groups in total. The molecular weight excluding hydrogens is 272 g/mol. The Hall–Kier alpha value is -2.89. The number of nitrogen functional groups attached to an aromatic ring is 1. The summed E-state index contributed by atoms with van der Waals surface area (Å²) in [7, 11) is 0. The van der Waals surface area contributed by atoms with Crippen LogP contribution >= 0.6 is 0 Å². The third kappa shape index (κ3) is 2.69. The molecule has 0 aliphatic carbocycles. The predicted molar refractivity (Wildman–Crippen MR) is 76.3 cm³/mol. The summed E-state index contributed by atoms with van der Waals surface area (Å²) >= 11 is 0. The first-order valence-electron chi connectivity index (χ1n) is 6.34. The standard InChI is InChI=1S/C15H14N2O4/c16-10-2-3-11(15(17)18)13(6-10)19-7-9-1-4-12-14(5-9)21-8-20-12/h1-6H,7-8,16H2,(H2,17,18). The largest absolute Gasteiger partial charge is 0.488 e. The van der Waals surface area contributed by atoms with Gasteiger partial charge in [0.15, 0.2) is 11.5 Å². The van der Waals surface area contributed by atoms with E-state index in [1.807, 2.05) is 18.2 Å². The van der Waals surface area contributed by atoms with Crippen LogP contribution in [0, 0.1) is 0 Å². The van der Waals surface area contributed by atoms with Crippen LogP contribution in [0.4, 0.5) is 5.69 Å². The Morgan fingerprint density at radius 2 is 1.95 bits per heavy atom. The first-order chi connectivity index (χ1) is 10.1. The van der Waals surface area contributed by atoms with Crippen molar-refractivity contribution >= 4 is 11.6 Å². The number of carbonyl (C=O) groups excluding carboxylic acids is 1. The van der Waals surface area contributed by atoms with Crippen molar-refractivity contribution in [2.24, 2.45) is 5.73 Å². The first-order valence-corrected chi connectivity index (χ1v) is 6.34. The fourth-order valence-electron chi connectivity index (χ4n) is 2.05. The van der Waals surface area contributed by atoms with Gasteiger partial charge in [0.25, 0.3) is 5.91 Å². The number of ether oxygens (including phenoxy) is 3. The number of hydrogen-bond donors (Lipinski definition) is 2. The topological polar surface area (TPSA) is 96.8 Å². The lowest BCUT2D eigenvalue weighted by atomic mass is 10.1. The molecule has 0 bridgehead atoms. The lowest BCUT2D eigenvalue weighted by Gasteiger charge is -2.11. The maximum absolute atomic E-state index is 11.4. The highest BCUT2D eigenvalue weighted by molar-refractivity contribution is 5.96. The average molecular weight is 286 g/mol. The van der Waals surface area contributed by atoms with Gasteiger partial charge in [-0.15, -0.1) is 0 Å². The molecule has 0 atom stereocenters. The second-order valence-corrected chi connectivity index (χ2v) is 4.60. The molecule has 3 rings (SSSR count). The molecule has 0 saturated heterocycles. The van der Waals surface area contributed by atoms with Crippen LogP contribution in [0.5, 0.6) is 17.2 Å². The summed E-state index contributed by atoms with van der Waals surface area (Å²) < 4.78 is 16.2. The van der Waals surface area contributed by atoms with Crippen LogP contribution in [0.15, 0.2) is 36.4 Å². The zero-order chi connectivity index (χ0) is 14.8. The minimum atomic E-state index is -0.560. The summed E-state index contributed by atoms with van der Waals surface area (Å²) in [4.78, 5) is 11.4. The molecule has 108 valence electrons. The van der Waals surface area contributed by atoms with Crippen molar-refractivity contribution < 1.29 is 19.0 Å². The number of primary amides is 1. The molecule has 1 aliphatic rings. The van der Waals surface area contributed by atoms with Gasteiger partial charge in [-0.05, 0) is 29.8 Å². The molecule has 6 nitrogen and oxygen atoms in total. The fraction of sp³-hybridized carbons (Fsp3) is 0.133. The summed E-state index contributed by atoms with van der Waals surface area (Å²) in [5.41, 5.74) is 12.7. The summed E-state index contributed by atoms with van der Waals surface area (Å²) in [6.07, 6.45) is 0. The maximum Gasteiger partial charge on any atom is 0.252 e. The molecule has 1 amide bonds. The Morgan fingerprint density at radius 3 is 2.76 bits per heavy atom. The first kappa shape index (κ1) is 13.1. The lowest BCUT2D eigenvalue weighted by molar-refractivity contribution is 0.0996. The monoisotopic (exact) mass is 286 g/mol. The van der Waals surface area contributed by atoms with E-state index >= 15 is 0 Å². The van der Waals surface area contributed by atoms with Crippen LogP contribution in [0.1, 0.15) is 15.9 Å². The van der Waals surface area contributed by atoms with Crippen LogP contribution in [-0.2, 0) is 6.61 Å². The SMILES string of the molecule is NC(=O)c1ccc(N)cc1OCc1ccc2c(c1)OCO2. The molecular formula is C15H14N2O4. The number of amides is 1. The van der Waals surface area contributed by atoms with Gasteiger partial charge in [-0.2, -0.15) is 0 Å². The van der Waals surface area contributed by atoms with Crippen molar-refractivity contribution in [2.45, 2.75) is 6.61 Å². The summed E-state index contributed by atoms with van der Waals surface area (Å²) in [5.74, 6) is 1.19. The molecule has 0 radical (unpaired) electrons. The van der Waals surface area contributed by atoms with E-state index in [4.69, 9.17) is 25.7 Å². The van der Waals surface area contributed by atoms with Gasteiger partial charge in [-0.1, -0.05) is 6.07 Å². The zero-order valence-corrected chi connectivity index (χ0v) is 11.2. The molecule has 0 aromatic heterocycles. The summed E-state index contributed by atoms with van der Waals surface area (Å²) in [6.45, 7) is 0.487. The van der Waals surface area contributed by atoms with Gasteiger partial charge in [-0.3, -0.25) is 4.79 Å². The highest BCUT2D eigenvalue weighted by Gasteiger charge is 2.14. The van der Waals surface area contributed by atoms with Gasteiger partial charge in [0.2, 0.25) is 6.79 Å². The normalized spacial score (nSPS) is 12.2. The second kappa shape index (κ2) is 5.24. The third-order valence-electron chi connectivity index (χ3n) is 3.10. The van der Waals surface area contributed by atoms with Gasteiger partial charge >= 0.3 is 0 Å².